The summed E-state index contributed by atoms with van der Waals surface area (Å²) in [4.78, 5) is 32.3. The van der Waals surface area contributed by atoms with Gasteiger partial charge in [0.2, 0.25) is 5.91 Å². The summed E-state index contributed by atoms with van der Waals surface area (Å²) in [7, 11) is 0. The molecule has 1 aromatic carbocycles. The Kier molecular flexibility index (Phi) is 6.47. The van der Waals surface area contributed by atoms with E-state index in [9.17, 15) is 9.59 Å². The summed E-state index contributed by atoms with van der Waals surface area (Å²) in [6.45, 7) is 4.62. The quantitative estimate of drug-likeness (QED) is 0.470. The average molecular weight is 400 g/mol. The van der Waals surface area contributed by atoms with Crippen molar-refractivity contribution in [3.8, 4) is 0 Å². The summed E-state index contributed by atoms with van der Waals surface area (Å²) in [6.07, 6.45) is 0.0896. The molecule has 0 unspecified atom stereocenters. The number of aryl methyl sites for hydroxylation is 2. The van der Waals surface area contributed by atoms with Gasteiger partial charge in [-0.1, -0.05) is 41.6 Å². The van der Waals surface area contributed by atoms with Crippen molar-refractivity contribution in [3.05, 3.63) is 79.4 Å². The first-order valence-electron chi connectivity index (χ1n) is 8.58. The molecule has 0 atom stereocenters. The Morgan fingerprint density at radius 3 is 2.89 bits per heavy atom. The lowest BCUT2D eigenvalue weighted by Crippen LogP contribution is -2.25. The number of aromatic nitrogens is 2. The summed E-state index contributed by atoms with van der Waals surface area (Å²) in [6, 6.07) is 11.6. The summed E-state index contributed by atoms with van der Waals surface area (Å²) in [5.41, 5.74) is 3.86. The van der Waals surface area contributed by atoms with E-state index in [1.54, 1.807) is 11.3 Å². The van der Waals surface area contributed by atoms with Crippen molar-refractivity contribution in [2.75, 3.05) is 0 Å². The molecule has 0 bridgehead atoms. The molecule has 0 radical (unpaired) electrons. The number of H-pyrrole nitrogens is 1. The molecule has 5 nitrogen and oxygen atoms in total. The van der Waals surface area contributed by atoms with Crippen LogP contribution >= 0.6 is 23.1 Å². The fourth-order valence-corrected chi connectivity index (χ4v) is 4.17. The van der Waals surface area contributed by atoms with Gasteiger partial charge >= 0.3 is 0 Å². The molecule has 2 aromatic heterocycles. The first-order valence-corrected chi connectivity index (χ1v) is 10.4. The van der Waals surface area contributed by atoms with E-state index < -0.39 is 0 Å². The number of aromatic amines is 1. The van der Waals surface area contributed by atoms with Gasteiger partial charge < -0.3 is 10.3 Å². The topological polar surface area (TPSA) is 74.8 Å². The van der Waals surface area contributed by atoms with Crippen molar-refractivity contribution in [2.45, 2.75) is 37.7 Å². The van der Waals surface area contributed by atoms with Crippen LogP contribution < -0.4 is 10.9 Å². The largest absolute Gasteiger partial charge is 0.351 e. The molecule has 0 saturated heterocycles. The lowest BCUT2D eigenvalue weighted by atomic mass is 10.1. The van der Waals surface area contributed by atoms with Crippen molar-refractivity contribution in [1.82, 2.24) is 15.3 Å². The third kappa shape index (κ3) is 5.80. The van der Waals surface area contributed by atoms with Gasteiger partial charge in [-0.3, -0.25) is 9.59 Å². The van der Waals surface area contributed by atoms with E-state index in [0.717, 1.165) is 4.88 Å². The van der Waals surface area contributed by atoms with Crippen LogP contribution in [0.2, 0.25) is 0 Å². The number of nitrogens with zero attached hydrogens (tertiary/aromatic N) is 1. The minimum Gasteiger partial charge on any atom is -0.351 e. The predicted molar refractivity (Wildman–Crippen MR) is 110 cm³/mol. The second-order valence-corrected chi connectivity index (χ2v) is 8.29. The maximum atomic E-state index is 12.1. The summed E-state index contributed by atoms with van der Waals surface area (Å²) < 4.78 is 0. The number of nitrogens with one attached hydrogen (secondary N) is 2. The molecule has 2 heterocycles. The van der Waals surface area contributed by atoms with Crippen LogP contribution in [0.25, 0.3) is 0 Å². The monoisotopic (exact) mass is 399 g/mol. The predicted octanol–water partition coefficient (Wildman–Crippen LogP) is 3.60. The van der Waals surface area contributed by atoms with Gasteiger partial charge in [-0.15, -0.1) is 11.3 Å². The highest BCUT2D eigenvalue weighted by Gasteiger charge is 2.09. The van der Waals surface area contributed by atoms with Crippen molar-refractivity contribution in [3.63, 3.8) is 0 Å². The minimum atomic E-state index is -0.241. The van der Waals surface area contributed by atoms with Crippen LogP contribution in [0.5, 0.6) is 0 Å². The average Bonchev–Trinajstić information content (AvgIpc) is 3.14. The molecule has 3 rings (SSSR count). The fourth-order valence-electron chi connectivity index (χ4n) is 2.57. The standard InChI is InChI=1S/C20H21N3O2S2/c1-13-5-6-14(2)15(8-13)12-27-20-22-16(10-19(25)23-20)9-18(24)21-11-17-4-3-7-26-17/h3-8,10H,9,11-12H2,1-2H3,(H,21,24)(H,22,23,25). The number of carbonyl (C=O) groups is 1. The molecule has 0 fully saturated rings. The van der Waals surface area contributed by atoms with Crippen LogP contribution in [0.4, 0.5) is 0 Å². The van der Waals surface area contributed by atoms with E-state index >= 15 is 0 Å². The smallest absolute Gasteiger partial charge is 0.251 e. The highest BCUT2D eigenvalue weighted by atomic mass is 32.2. The second-order valence-electron chi connectivity index (χ2n) is 6.29. The zero-order chi connectivity index (χ0) is 19.2. The van der Waals surface area contributed by atoms with Gasteiger partial charge in [-0.25, -0.2) is 4.98 Å². The molecule has 140 valence electrons. The molecule has 0 aliphatic carbocycles. The Hall–Kier alpha value is -2.38. The number of carbonyl (C=O) groups excluding carboxylic acids is 1. The van der Waals surface area contributed by atoms with Crippen LogP contribution in [0, 0.1) is 13.8 Å². The minimum absolute atomic E-state index is 0.0896. The van der Waals surface area contributed by atoms with Crippen molar-refractivity contribution in [2.24, 2.45) is 0 Å². The Morgan fingerprint density at radius 2 is 2.11 bits per heavy atom. The molecule has 0 spiro atoms. The molecule has 7 heteroatoms. The van der Waals surface area contributed by atoms with Gasteiger partial charge in [0.15, 0.2) is 5.16 Å². The molecular weight excluding hydrogens is 378 g/mol. The van der Waals surface area contributed by atoms with Gasteiger partial charge in [-0.05, 0) is 36.4 Å². The molecular formula is C20H21N3O2S2. The molecule has 0 saturated carbocycles. The number of thiophene rings is 1. The Bertz CT molecular complexity index is 981. The number of amides is 1. The van der Waals surface area contributed by atoms with Crippen LogP contribution in [0.15, 0.2) is 51.7 Å². The third-order valence-corrected chi connectivity index (χ3v) is 5.82. The number of hydrogen-bond acceptors (Lipinski definition) is 5. The van der Waals surface area contributed by atoms with Gasteiger partial charge in [0.05, 0.1) is 18.7 Å². The maximum Gasteiger partial charge on any atom is 0.251 e. The van der Waals surface area contributed by atoms with Gasteiger partial charge in [0.25, 0.3) is 5.56 Å². The Labute approximate surface area is 166 Å². The molecule has 0 aliphatic rings. The summed E-state index contributed by atoms with van der Waals surface area (Å²) in [5.74, 6) is 0.566. The van der Waals surface area contributed by atoms with Gasteiger partial charge in [0.1, 0.15) is 0 Å². The summed E-state index contributed by atoms with van der Waals surface area (Å²) >= 11 is 3.06. The Morgan fingerprint density at radius 1 is 1.26 bits per heavy atom. The fraction of sp³-hybridized carbons (Fsp3) is 0.250. The molecule has 1 amide bonds. The lowest BCUT2D eigenvalue weighted by molar-refractivity contribution is -0.120. The number of thioether (sulfide) groups is 1. The first-order chi connectivity index (χ1) is 13.0. The van der Waals surface area contributed by atoms with E-state index in [4.69, 9.17) is 0 Å². The van der Waals surface area contributed by atoms with Crippen molar-refractivity contribution >= 4 is 29.0 Å². The maximum absolute atomic E-state index is 12.1. The van der Waals surface area contributed by atoms with E-state index in [2.05, 4.69) is 47.3 Å². The van der Waals surface area contributed by atoms with E-state index in [1.807, 2.05) is 17.5 Å². The summed E-state index contributed by atoms with van der Waals surface area (Å²) in [5, 5.41) is 5.36. The van der Waals surface area contributed by atoms with Crippen LogP contribution in [0.1, 0.15) is 27.3 Å². The second kappa shape index (κ2) is 9.01. The van der Waals surface area contributed by atoms with Crippen LogP contribution in [-0.2, 0) is 23.5 Å². The molecule has 0 aliphatic heterocycles. The SMILES string of the molecule is Cc1ccc(C)c(CSc2nc(CC(=O)NCc3cccs3)cc(=O)[nH]2)c1. The van der Waals surface area contributed by atoms with E-state index in [-0.39, 0.29) is 17.9 Å². The molecule has 3 aromatic rings. The number of hydrogen-bond donors (Lipinski definition) is 2. The number of benzene rings is 1. The molecule has 2 N–H and O–H groups in total. The normalized spacial score (nSPS) is 10.7. The van der Waals surface area contributed by atoms with Crippen molar-refractivity contribution < 1.29 is 4.79 Å². The highest BCUT2D eigenvalue weighted by Crippen LogP contribution is 2.22. The van der Waals surface area contributed by atoms with Crippen LogP contribution in [-0.4, -0.2) is 15.9 Å². The van der Waals surface area contributed by atoms with E-state index in [0.29, 0.717) is 23.1 Å². The first kappa shape index (κ1) is 19.4. The zero-order valence-corrected chi connectivity index (χ0v) is 16.9. The van der Waals surface area contributed by atoms with Crippen molar-refractivity contribution in [1.29, 1.82) is 0 Å². The van der Waals surface area contributed by atoms with Crippen LogP contribution in [0.3, 0.4) is 0 Å². The van der Waals surface area contributed by atoms with Gasteiger partial charge in [0, 0.05) is 16.7 Å². The van der Waals surface area contributed by atoms with Gasteiger partial charge in [-0.2, -0.15) is 0 Å². The number of rotatable bonds is 7. The lowest BCUT2D eigenvalue weighted by Gasteiger charge is -2.08. The van der Waals surface area contributed by atoms with E-state index in [1.165, 1.54) is 34.5 Å². The Balaban J connectivity index is 1.62. The zero-order valence-electron chi connectivity index (χ0n) is 15.2. The third-order valence-electron chi connectivity index (χ3n) is 4.02. The molecule has 27 heavy (non-hydrogen) atoms. The highest BCUT2D eigenvalue weighted by molar-refractivity contribution is 7.98.